The van der Waals surface area contributed by atoms with Gasteiger partial charge in [0.15, 0.2) is 0 Å². The van der Waals surface area contributed by atoms with Gasteiger partial charge in [-0.15, -0.1) is 0 Å². The van der Waals surface area contributed by atoms with Crippen molar-refractivity contribution in [3.63, 3.8) is 0 Å². The number of rotatable bonds is 3. The van der Waals surface area contributed by atoms with Crippen molar-refractivity contribution < 1.29 is 13.9 Å². The Kier molecular flexibility index (Phi) is 3.99. The van der Waals surface area contributed by atoms with Gasteiger partial charge in [0.2, 0.25) is 0 Å². The number of β-amino-alcohol motifs (C(OH)–C–C–N with tert-alkyl or cyclic N) is 1. The molecule has 2 aromatic rings. The second-order valence-electron chi connectivity index (χ2n) is 5.38. The van der Waals surface area contributed by atoms with Crippen molar-refractivity contribution in [2.24, 2.45) is 0 Å². The fraction of sp³-hybridized carbons (Fsp3) is 0.294. The van der Waals surface area contributed by atoms with Crippen LogP contribution in [-0.4, -0.2) is 29.2 Å². The summed E-state index contributed by atoms with van der Waals surface area (Å²) >= 11 is 0. The molecule has 4 heteroatoms. The molecular weight excluding hydrogens is 272 g/mol. The molecule has 2 nitrogen and oxygen atoms in total. The third kappa shape index (κ3) is 2.82. The van der Waals surface area contributed by atoms with Gasteiger partial charge in [-0.3, -0.25) is 4.90 Å². The largest absolute Gasteiger partial charge is 0.392 e. The maximum atomic E-state index is 14.2. The van der Waals surface area contributed by atoms with E-state index in [1.807, 2.05) is 4.90 Å². The molecule has 1 N–H and O–H groups in total. The highest BCUT2D eigenvalue weighted by Gasteiger charge is 2.32. The van der Waals surface area contributed by atoms with Crippen molar-refractivity contribution >= 4 is 0 Å². The fourth-order valence-corrected chi connectivity index (χ4v) is 2.96. The molecule has 0 saturated carbocycles. The summed E-state index contributed by atoms with van der Waals surface area (Å²) in [6.07, 6.45) is 0.186. The Bertz CT molecular complexity index is 586. The topological polar surface area (TPSA) is 23.5 Å². The van der Waals surface area contributed by atoms with Crippen molar-refractivity contribution in [1.29, 1.82) is 0 Å². The average Bonchev–Trinajstić information content (AvgIpc) is 2.90. The minimum Gasteiger partial charge on any atom is -0.392 e. The van der Waals surface area contributed by atoms with Crippen LogP contribution in [0.15, 0.2) is 48.5 Å². The quantitative estimate of drug-likeness (QED) is 0.938. The van der Waals surface area contributed by atoms with Crippen molar-refractivity contribution in [1.82, 2.24) is 4.90 Å². The predicted octanol–water partition coefficient (Wildman–Crippen LogP) is 3.12. The monoisotopic (exact) mass is 289 g/mol. The average molecular weight is 289 g/mol. The van der Waals surface area contributed by atoms with Gasteiger partial charge in [-0.1, -0.05) is 36.4 Å². The number of aliphatic hydroxyl groups excluding tert-OH is 1. The lowest BCUT2D eigenvalue weighted by molar-refractivity contribution is 0.165. The van der Waals surface area contributed by atoms with Crippen LogP contribution in [0.3, 0.4) is 0 Å². The molecule has 3 rings (SSSR count). The number of aliphatic hydroxyl groups is 1. The zero-order chi connectivity index (χ0) is 14.8. The maximum absolute atomic E-state index is 14.2. The van der Waals surface area contributed by atoms with Gasteiger partial charge in [0, 0.05) is 24.2 Å². The number of nitrogens with zero attached hydrogens (tertiary/aromatic N) is 1. The highest BCUT2D eigenvalue weighted by atomic mass is 19.1. The first-order valence-corrected chi connectivity index (χ1v) is 7.08. The molecule has 0 radical (unpaired) electrons. The van der Waals surface area contributed by atoms with Gasteiger partial charge in [0.25, 0.3) is 0 Å². The van der Waals surface area contributed by atoms with Crippen LogP contribution in [0.2, 0.25) is 0 Å². The van der Waals surface area contributed by atoms with Crippen molar-refractivity contribution in [3.8, 4) is 0 Å². The molecule has 1 unspecified atom stereocenters. The number of hydrogen-bond acceptors (Lipinski definition) is 2. The van der Waals surface area contributed by atoms with E-state index in [2.05, 4.69) is 0 Å². The summed E-state index contributed by atoms with van der Waals surface area (Å²) in [5.41, 5.74) is 0.883. The number of benzene rings is 2. The zero-order valence-electron chi connectivity index (χ0n) is 11.5. The molecule has 1 atom stereocenters. The summed E-state index contributed by atoms with van der Waals surface area (Å²) in [5, 5.41) is 9.75. The van der Waals surface area contributed by atoms with E-state index < -0.39 is 12.1 Å². The van der Waals surface area contributed by atoms with Crippen LogP contribution in [0.1, 0.15) is 23.6 Å². The van der Waals surface area contributed by atoms with Crippen LogP contribution in [0.25, 0.3) is 0 Å². The highest BCUT2D eigenvalue weighted by Crippen LogP contribution is 2.34. The molecule has 1 saturated heterocycles. The smallest absolute Gasteiger partial charge is 0.128 e. The minimum absolute atomic E-state index is 0.354. The molecule has 110 valence electrons. The summed E-state index contributed by atoms with van der Waals surface area (Å²) in [4.78, 5) is 1.93. The first-order chi connectivity index (χ1) is 10.2. The number of hydrogen-bond donors (Lipinski definition) is 1. The van der Waals surface area contributed by atoms with E-state index in [0.717, 1.165) is 0 Å². The Morgan fingerprint density at radius 3 is 1.90 bits per heavy atom. The van der Waals surface area contributed by atoms with Crippen LogP contribution in [-0.2, 0) is 0 Å². The SMILES string of the molecule is OC1CCN(C(c2ccccc2F)c2ccccc2F)C1. The Hall–Kier alpha value is -1.78. The standard InChI is InChI=1S/C17H17F2NO/c18-15-7-3-1-5-13(15)17(20-10-9-12(21)11-20)14-6-2-4-8-16(14)19/h1-8,12,17,21H,9-11H2. The lowest BCUT2D eigenvalue weighted by Crippen LogP contribution is -2.29. The first-order valence-electron chi connectivity index (χ1n) is 7.08. The molecule has 1 fully saturated rings. The van der Waals surface area contributed by atoms with Crippen LogP contribution >= 0.6 is 0 Å². The van der Waals surface area contributed by atoms with E-state index in [0.29, 0.717) is 30.6 Å². The predicted molar refractivity (Wildman–Crippen MR) is 76.8 cm³/mol. The van der Waals surface area contributed by atoms with Crippen molar-refractivity contribution in [2.45, 2.75) is 18.6 Å². The molecule has 0 aromatic heterocycles. The molecule has 1 heterocycles. The first kappa shape index (κ1) is 14.2. The van der Waals surface area contributed by atoms with E-state index >= 15 is 0 Å². The summed E-state index contributed by atoms with van der Waals surface area (Å²) in [7, 11) is 0. The Morgan fingerprint density at radius 1 is 0.952 bits per heavy atom. The zero-order valence-corrected chi connectivity index (χ0v) is 11.5. The molecule has 0 amide bonds. The van der Waals surface area contributed by atoms with Gasteiger partial charge in [0.1, 0.15) is 11.6 Å². The fourth-order valence-electron chi connectivity index (χ4n) is 2.96. The van der Waals surface area contributed by atoms with Gasteiger partial charge in [-0.25, -0.2) is 8.78 Å². The van der Waals surface area contributed by atoms with E-state index in [1.54, 1.807) is 36.4 Å². The molecule has 1 aliphatic heterocycles. The Balaban J connectivity index is 2.08. The molecule has 0 spiro atoms. The van der Waals surface area contributed by atoms with Gasteiger partial charge in [-0.05, 0) is 18.6 Å². The Morgan fingerprint density at radius 2 is 1.48 bits per heavy atom. The van der Waals surface area contributed by atoms with E-state index in [9.17, 15) is 13.9 Å². The third-order valence-corrected chi connectivity index (χ3v) is 3.96. The molecule has 21 heavy (non-hydrogen) atoms. The van der Waals surface area contributed by atoms with Crippen LogP contribution in [0, 0.1) is 11.6 Å². The van der Waals surface area contributed by atoms with Crippen LogP contribution in [0.4, 0.5) is 8.78 Å². The summed E-state index contributed by atoms with van der Waals surface area (Å²) in [6, 6.07) is 12.4. The molecule has 1 aliphatic rings. The molecule has 0 aliphatic carbocycles. The normalized spacial score (nSPS) is 19.3. The highest BCUT2D eigenvalue weighted by molar-refractivity contribution is 5.34. The van der Waals surface area contributed by atoms with Gasteiger partial charge in [-0.2, -0.15) is 0 Å². The van der Waals surface area contributed by atoms with Crippen LogP contribution in [0.5, 0.6) is 0 Å². The lowest BCUT2D eigenvalue weighted by atomic mass is 9.96. The van der Waals surface area contributed by atoms with Crippen molar-refractivity contribution in [2.75, 3.05) is 13.1 Å². The molecule has 2 aromatic carbocycles. The summed E-state index contributed by atoms with van der Waals surface area (Å²) in [6.45, 7) is 1.04. The van der Waals surface area contributed by atoms with Gasteiger partial charge in [0.05, 0.1) is 12.1 Å². The molecular formula is C17H17F2NO. The van der Waals surface area contributed by atoms with Gasteiger partial charge >= 0.3 is 0 Å². The number of likely N-dealkylation sites (tertiary alicyclic amines) is 1. The summed E-state index contributed by atoms with van der Waals surface area (Å²) in [5.74, 6) is -0.709. The number of halogens is 2. The lowest BCUT2D eigenvalue weighted by Gasteiger charge is -2.29. The second-order valence-corrected chi connectivity index (χ2v) is 5.38. The molecule has 0 bridgehead atoms. The van der Waals surface area contributed by atoms with E-state index in [-0.39, 0.29) is 11.6 Å². The van der Waals surface area contributed by atoms with E-state index in [1.165, 1.54) is 12.1 Å². The summed E-state index contributed by atoms with van der Waals surface area (Å²) < 4.78 is 28.4. The third-order valence-electron chi connectivity index (χ3n) is 3.96. The minimum atomic E-state index is -0.510. The second kappa shape index (κ2) is 5.92. The van der Waals surface area contributed by atoms with Gasteiger partial charge < -0.3 is 5.11 Å². The maximum Gasteiger partial charge on any atom is 0.128 e. The van der Waals surface area contributed by atoms with Crippen LogP contribution < -0.4 is 0 Å². The van der Waals surface area contributed by atoms with E-state index in [4.69, 9.17) is 0 Å². The Labute approximate surface area is 122 Å². The van der Waals surface area contributed by atoms with Crippen molar-refractivity contribution in [3.05, 3.63) is 71.3 Å².